The van der Waals surface area contributed by atoms with Crippen molar-refractivity contribution in [3.8, 4) is 12.3 Å². The number of carbonyl (C=O) groups is 1. The van der Waals surface area contributed by atoms with Crippen LogP contribution in [0.25, 0.3) is 0 Å². The summed E-state index contributed by atoms with van der Waals surface area (Å²) in [6.45, 7) is 3.31. The highest BCUT2D eigenvalue weighted by molar-refractivity contribution is 6.33. The van der Waals surface area contributed by atoms with Gasteiger partial charge in [0.1, 0.15) is 6.04 Å². The molecule has 1 aliphatic rings. The minimum absolute atomic E-state index is 0.0405. The van der Waals surface area contributed by atoms with E-state index in [1.165, 1.54) is 0 Å². The van der Waals surface area contributed by atoms with E-state index < -0.39 is 0 Å². The largest absolute Gasteiger partial charge is 0.362 e. The van der Waals surface area contributed by atoms with Crippen LogP contribution in [0.5, 0.6) is 0 Å². The Morgan fingerprint density at radius 3 is 2.95 bits per heavy atom. The first-order chi connectivity index (χ1) is 9.58. The highest BCUT2D eigenvalue weighted by Gasteiger charge is 2.31. The van der Waals surface area contributed by atoms with E-state index in [0.717, 1.165) is 29.9 Å². The maximum atomic E-state index is 12.0. The lowest BCUT2D eigenvalue weighted by Gasteiger charge is -2.19. The van der Waals surface area contributed by atoms with E-state index in [1.807, 2.05) is 24.1 Å². The molecule has 106 valence electrons. The fraction of sp³-hybridized carbons (Fsp3) is 0.400. The average molecular weight is 292 g/mol. The predicted octanol–water partition coefficient (Wildman–Crippen LogP) is 2.40. The van der Waals surface area contributed by atoms with Gasteiger partial charge in [-0.1, -0.05) is 24.4 Å². The Bertz CT molecular complexity index is 565. The summed E-state index contributed by atoms with van der Waals surface area (Å²) >= 11 is 6.31. The van der Waals surface area contributed by atoms with Crippen molar-refractivity contribution in [2.75, 3.05) is 30.4 Å². The first-order valence-corrected chi connectivity index (χ1v) is 6.98. The number of benzene rings is 1. The van der Waals surface area contributed by atoms with Crippen LogP contribution in [0.2, 0.25) is 5.02 Å². The van der Waals surface area contributed by atoms with Crippen LogP contribution >= 0.6 is 11.6 Å². The zero-order chi connectivity index (χ0) is 14.7. The van der Waals surface area contributed by atoms with E-state index in [2.05, 4.69) is 23.5 Å². The second-order valence-electron chi connectivity index (χ2n) is 4.83. The number of nitrogens with zero attached hydrogens (tertiary/aromatic N) is 1. The van der Waals surface area contributed by atoms with Crippen LogP contribution in [-0.4, -0.2) is 26.0 Å². The number of halogens is 1. The lowest BCUT2D eigenvalue weighted by molar-refractivity contribution is -0.117. The second-order valence-corrected chi connectivity index (χ2v) is 5.23. The molecule has 0 spiro atoms. The van der Waals surface area contributed by atoms with Gasteiger partial charge in [0.05, 0.1) is 17.3 Å². The number of nitrogens with one attached hydrogen (secondary N) is 2. The number of hydrogen-bond donors (Lipinski definition) is 2. The lowest BCUT2D eigenvalue weighted by Crippen LogP contribution is -2.28. The van der Waals surface area contributed by atoms with Gasteiger partial charge in [-0.15, -0.1) is 6.42 Å². The summed E-state index contributed by atoms with van der Waals surface area (Å²) in [6.07, 6.45) is 6.28. The van der Waals surface area contributed by atoms with Crippen LogP contribution in [-0.2, 0) is 4.79 Å². The highest BCUT2D eigenvalue weighted by Crippen LogP contribution is 2.38. The molecule has 0 radical (unpaired) electrons. The number of amides is 1. The summed E-state index contributed by atoms with van der Waals surface area (Å²) in [4.78, 5) is 13.9. The first-order valence-electron chi connectivity index (χ1n) is 6.60. The summed E-state index contributed by atoms with van der Waals surface area (Å²) in [5, 5.41) is 6.70. The van der Waals surface area contributed by atoms with Crippen molar-refractivity contribution in [2.45, 2.75) is 19.4 Å². The van der Waals surface area contributed by atoms with Crippen LogP contribution in [0, 0.1) is 12.3 Å². The molecule has 1 amide bonds. The third kappa shape index (κ3) is 2.74. The Morgan fingerprint density at radius 1 is 1.55 bits per heavy atom. The minimum atomic E-state index is -0.325. The van der Waals surface area contributed by atoms with Crippen molar-refractivity contribution in [1.82, 2.24) is 5.32 Å². The third-order valence-corrected chi connectivity index (χ3v) is 3.59. The molecule has 0 saturated heterocycles. The van der Waals surface area contributed by atoms with Crippen LogP contribution in [0.15, 0.2) is 12.1 Å². The molecule has 4 nitrogen and oxygen atoms in total. The fourth-order valence-electron chi connectivity index (χ4n) is 2.28. The Kier molecular flexibility index (Phi) is 4.53. The summed E-state index contributed by atoms with van der Waals surface area (Å²) < 4.78 is 0. The summed E-state index contributed by atoms with van der Waals surface area (Å²) in [7, 11) is 1.87. The normalized spacial score (nSPS) is 16.5. The van der Waals surface area contributed by atoms with E-state index in [9.17, 15) is 4.79 Å². The van der Waals surface area contributed by atoms with Gasteiger partial charge in [0.25, 0.3) is 0 Å². The third-order valence-electron chi connectivity index (χ3n) is 3.29. The van der Waals surface area contributed by atoms with E-state index in [-0.39, 0.29) is 11.9 Å². The molecule has 1 aromatic carbocycles. The lowest BCUT2D eigenvalue weighted by atomic mass is 10.1. The molecular weight excluding hydrogens is 274 g/mol. The van der Waals surface area contributed by atoms with Gasteiger partial charge < -0.3 is 15.5 Å². The summed E-state index contributed by atoms with van der Waals surface area (Å²) in [5.41, 5.74) is 2.51. The van der Waals surface area contributed by atoms with Crippen molar-refractivity contribution in [1.29, 1.82) is 0 Å². The topological polar surface area (TPSA) is 44.4 Å². The number of fused-ring (bicyclic) bond motifs is 1. The Labute approximate surface area is 124 Å². The number of carbonyl (C=O) groups excluding carboxylic acids is 1. The van der Waals surface area contributed by atoms with Gasteiger partial charge in [0.2, 0.25) is 5.91 Å². The van der Waals surface area contributed by atoms with Crippen molar-refractivity contribution in [2.24, 2.45) is 0 Å². The second kappa shape index (κ2) is 6.17. The average Bonchev–Trinajstić information content (AvgIpc) is 2.71. The van der Waals surface area contributed by atoms with Crippen LogP contribution < -0.4 is 15.5 Å². The van der Waals surface area contributed by atoms with Gasteiger partial charge >= 0.3 is 0 Å². The molecule has 20 heavy (non-hydrogen) atoms. The quantitative estimate of drug-likeness (QED) is 0.819. The molecular formula is C15H18ClN3O. The minimum Gasteiger partial charge on any atom is -0.362 e. The fourth-order valence-corrected chi connectivity index (χ4v) is 2.59. The van der Waals surface area contributed by atoms with Crippen LogP contribution in [0.3, 0.4) is 0 Å². The monoisotopic (exact) mass is 291 g/mol. The highest BCUT2D eigenvalue weighted by atomic mass is 35.5. The number of rotatable bonds is 5. The van der Waals surface area contributed by atoms with E-state index in [1.54, 1.807) is 0 Å². The molecule has 1 unspecified atom stereocenters. The molecule has 1 aliphatic heterocycles. The molecule has 0 fully saturated rings. The zero-order valence-corrected chi connectivity index (χ0v) is 12.4. The molecule has 0 aromatic heterocycles. The van der Waals surface area contributed by atoms with Crippen LogP contribution in [0.1, 0.15) is 24.9 Å². The van der Waals surface area contributed by atoms with E-state index in [0.29, 0.717) is 11.6 Å². The van der Waals surface area contributed by atoms with Crippen LogP contribution in [0.4, 0.5) is 11.4 Å². The Morgan fingerprint density at radius 2 is 2.30 bits per heavy atom. The van der Waals surface area contributed by atoms with Gasteiger partial charge in [-0.2, -0.15) is 0 Å². The van der Waals surface area contributed by atoms with Crippen molar-refractivity contribution in [3.63, 3.8) is 0 Å². The molecule has 0 aliphatic carbocycles. The molecule has 0 saturated carbocycles. The maximum Gasteiger partial charge on any atom is 0.246 e. The van der Waals surface area contributed by atoms with Gasteiger partial charge in [0.15, 0.2) is 0 Å². The number of hydrogen-bond acceptors (Lipinski definition) is 3. The Balaban J connectivity index is 2.32. The molecule has 1 aromatic rings. The molecule has 2 N–H and O–H groups in total. The van der Waals surface area contributed by atoms with Crippen molar-refractivity contribution < 1.29 is 4.79 Å². The zero-order valence-electron chi connectivity index (χ0n) is 11.7. The molecule has 1 atom stereocenters. The summed E-state index contributed by atoms with van der Waals surface area (Å²) in [5.74, 6) is 2.53. The molecule has 2 rings (SSSR count). The standard InChI is InChI=1S/C15H18ClN3O/c1-4-6-17-14-10-8-11(16)13(19(3)7-5-2)9-12(10)18-15(14)20/h2,8-9,14,17H,4,6-7H2,1,3H3,(H,18,20). The number of anilines is 2. The van der Waals surface area contributed by atoms with Gasteiger partial charge in [-0.05, 0) is 25.1 Å². The maximum absolute atomic E-state index is 12.0. The predicted molar refractivity (Wildman–Crippen MR) is 83.2 cm³/mol. The van der Waals surface area contributed by atoms with E-state index in [4.69, 9.17) is 18.0 Å². The molecule has 5 heteroatoms. The van der Waals surface area contributed by atoms with Crippen molar-refractivity contribution in [3.05, 3.63) is 22.7 Å². The smallest absolute Gasteiger partial charge is 0.246 e. The van der Waals surface area contributed by atoms with E-state index >= 15 is 0 Å². The molecule has 1 heterocycles. The number of terminal acetylenes is 1. The van der Waals surface area contributed by atoms with Gasteiger partial charge in [-0.25, -0.2) is 0 Å². The SMILES string of the molecule is C#CCN(C)c1cc2c(cc1Cl)C(NCCC)C(=O)N2. The molecule has 0 bridgehead atoms. The van der Waals surface area contributed by atoms with Gasteiger partial charge in [-0.3, -0.25) is 4.79 Å². The first kappa shape index (κ1) is 14.7. The summed E-state index contributed by atoms with van der Waals surface area (Å²) in [6, 6.07) is 3.39. The van der Waals surface area contributed by atoms with Crippen molar-refractivity contribution >= 4 is 28.9 Å². The van der Waals surface area contributed by atoms with Gasteiger partial charge in [0, 0.05) is 18.3 Å². The Hall–Kier alpha value is -1.70.